The molecule has 0 unspecified atom stereocenters. The first-order chi connectivity index (χ1) is 20.8. The van der Waals surface area contributed by atoms with Crippen LogP contribution in [0.4, 0.5) is 10.3 Å². The van der Waals surface area contributed by atoms with Gasteiger partial charge in [-0.15, -0.1) is 0 Å². The first kappa shape index (κ1) is 28.4. The zero-order valence-corrected chi connectivity index (χ0v) is 23.5. The fourth-order valence-corrected chi connectivity index (χ4v) is 4.66. The Balaban J connectivity index is 1.32. The van der Waals surface area contributed by atoms with Gasteiger partial charge in [-0.25, -0.2) is 19.3 Å². The minimum absolute atomic E-state index is 0.0415. The van der Waals surface area contributed by atoms with Crippen molar-refractivity contribution in [2.45, 2.75) is 32.1 Å². The van der Waals surface area contributed by atoms with Crippen LogP contribution in [0.5, 0.6) is 0 Å². The summed E-state index contributed by atoms with van der Waals surface area (Å²) in [5.41, 5.74) is 7.47. The number of anilines is 1. The Morgan fingerprint density at radius 1 is 1.07 bits per heavy atom. The molecule has 4 N–H and O–H groups in total. The molecule has 1 saturated carbocycles. The summed E-state index contributed by atoms with van der Waals surface area (Å²) in [6.45, 7) is 2.11. The van der Waals surface area contributed by atoms with Crippen LogP contribution < -0.4 is 11.1 Å². The van der Waals surface area contributed by atoms with Crippen LogP contribution >= 0.6 is 0 Å². The van der Waals surface area contributed by atoms with Crippen LogP contribution in [0.25, 0.3) is 22.6 Å². The standard InChI is InChI=1S/C31H31FN6O5/c1-30(28(40)41-16-20-7-8-20)17-42-31(26(33)39,43-18-30)27-37-24(21-9-11-22(32)12-10-21)25(38-27)23-13-14-34-29(36-23)35-15-19-5-3-2-4-6-19/h2-6,9-14,20H,7-8,15-18H2,1H3,(H2,33,39)(H,37,38)(H,34,35,36). The molecular formula is C31H31FN6O5. The average Bonchev–Trinajstić information content (AvgIpc) is 3.75. The molecule has 1 amide bonds. The zero-order valence-electron chi connectivity index (χ0n) is 23.5. The topological polar surface area (TPSA) is 154 Å². The lowest BCUT2D eigenvalue weighted by molar-refractivity contribution is -0.293. The van der Waals surface area contributed by atoms with Crippen molar-refractivity contribution >= 4 is 17.8 Å². The van der Waals surface area contributed by atoms with Crippen molar-refractivity contribution in [3.63, 3.8) is 0 Å². The molecule has 2 aromatic carbocycles. The van der Waals surface area contributed by atoms with Crippen molar-refractivity contribution in [2.75, 3.05) is 25.1 Å². The van der Waals surface area contributed by atoms with Gasteiger partial charge >= 0.3 is 11.8 Å². The van der Waals surface area contributed by atoms with Crippen molar-refractivity contribution < 1.29 is 28.2 Å². The molecule has 4 aromatic rings. The van der Waals surface area contributed by atoms with Crippen molar-refractivity contribution in [3.05, 3.63) is 84.1 Å². The third kappa shape index (κ3) is 5.97. The highest BCUT2D eigenvalue weighted by Crippen LogP contribution is 2.40. The van der Waals surface area contributed by atoms with Gasteiger partial charge in [-0.1, -0.05) is 30.3 Å². The second kappa shape index (κ2) is 11.5. The molecule has 2 fully saturated rings. The third-order valence-electron chi connectivity index (χ3n) is 7.49. The second-order valence-electron chi connectivity index (χ2n) is 11.1. The monoisotopic (exact) mass is 586 g/mol. The normalized spacial score (nSPS) is 21.7. The van der Waals surface area contributed by atoms with Gasteiger partial charge in [0.2, 0.25) is 5.95 Å². The van der Waals surface area contributed by atoms with Gasteiger partial charge in [0.15, 0.2) is 5.82 Å². The number of rotatable bonds is 10. The first-order valence-electron chi connectivity index (χ1n) is 14.0. The molecule has 43 heavy (non-hydrogen) atoms. The number of benzene rings is 2. The molecule has 11 nitrogen and oxygen atoms in total. The summed E-state index contributed by atoms with van der Waals surface area (Å²) in [6, 6.07) is 17.2. The lowest BCUT2D eigenvalue weighted by atomic mass is 9.91. The first-order valence-corrected chi connectivity index (χ1v) is 14.0. The molecule has 2 aliphatic rings. The number of primary amides is 1. The van der Waals surface area contributed by atoms with Crippen molar-refractivity contribution in [1.82, 2.24) is 19.9 Å². The molecule has 0 radical (unpaired) electrons. The predicted molar refractivity (Wildman–Crippen MR) is 153 cm³/mol. The number of H-pyrrole nitrogens is 1. The lowest BCUT2D eigenvalue weighted by Crippen LogP contribution is -2.56. The number of aromatic nitrogens is 4. The number of ether oxygens (including phenoxy) is 3. The molecule has 0 spiro atoms. The fraction of sp³-hybridized carbons (Fsp3) is 0.323. The summed E-state index contributed by atoms with van der Waals surface area (Å²) in [5.74, 6) is -3.26. The van der Waals surface area contributed by atoms with Gasteiger partial charge in [-0.3, -0.25) is 9.59 Å². The number of hydrogen-bond donors (Lipinski definition) is 3. The Bertz CT molecular complexity index is 1620. The number of carbonyl (C=O) groups is 2. The molecule has 0 atom stereocenters. The van der Waals surface area contributed by atoms with Crippen LogP contribution in [-0.2, 0) is 36.1 Å². The molecule has 12 heteroatoms. The van der Waals surface area contributed by atoms with Crippen LogP contribution in [0.2, 0.25) is 0 Å². The SMILES string of the molecule is CC1(C(=O)OCC2CC2)COC(C(N)=O)(c2nc(-c3ccc(F)cc3)c(-c3ccnc(NCc4ccccc4)n3)[nH]2)OC1. The number of nitrogens with zero attached hydrogens (tertiary/aromatic N) is 3. The maximum absolute atomic E-state index is 13.8. The largest absolute Gasteiger partial charge is 0.465 e. The third-order valence-corrected chi connectivity index (χ3v) is 7.49. The highest BCUT2D eigenvalue weighted by Gasteiger charge is 2.54. The van der Waals surface area contributed by atoms with Crippen LogP contribution in [0.3, 0.4) is 0 Å². The van der Waals surface area contributed by atoms with Crippen molar-refractivity contribution in [2.24, 2.45) is 17.1 Å². The molecule has 2 aromatic heterocycles. The number of carbonyl (C=O) groups excluding carboxylic acids is 2. The number of halogens is 1. The summed E-state index contributed by atoms with van der Waals surface area (Å²) >= 11 is 0. The molecular weight excluding hydrogens is 555 g/mol. The van der Waals surface area contributed by atoms with E-state index in [1.165, 1.54) is 12.1 Å². The van der Waals surface area contributed by atoms with Crippen LogP contribution in [-0.4, -0.2) is 51.6 Å². The molecule has 3 heterocycles. The minimum Gasteiger partial charge on any atom is -0.465 e. The number of aromatic amines is 1. The smallest absolute Gasteiger partial charge is 0.316 e. The Morgan fingerprint density at radius 2 is 1.79 bits per heavy atom. The van der Waals surface area contributed by atoms with Gasteiger partial charge in [-0.05, 0) is 61.6 Å². The van der Waals surface area contributed by atoms with E-state index in [-0.39, 0.29) is 19.0 Å². The number of nitrogens with two attached hydrogens (primary N) is 1. The van der Waals surface area contributed by atoms with Gasteiger partial charge in [0.1, 0.15) is 11.2 Å². The van der Waals surface area contributed by atoms with E-state index in [0.29, 0.717) is 47.7 Å². The van der Waals surface area contributed by atoms with Crippen molar-refractivity contribution in [3.8, 4) is 22.6 Å². The molecule has 222 valence electrons. The maximum Gasteiger partial charge on any atom is 0.316 e. The number of imidazole rings is 1. The molecule has 6 rings (SSSR count). The van der Waals surface area contributed by atoms with Gasteiger partial charge in [-0.2, -0.15) is 0 Å². The molecule has 1 saturated heterocycles. The Morgan fingerprint density at radius 3 is 2.47 bits per heavy atom. The number of hydrogen-bond acceptors (Lipinski definition) is 9. The van der Waals surface area contributed by atoms with E-state index in [2.05, 4.69) is 25.3 Å². The van der Waals surface area contributed by atoms with Gasteiger partial charge in [0.05, 0.1) is 36.9 Å². The van der Waals surface area contributed by atoms with E-state index >= 15 is 0 Å². The predicted octanol–water partition coefficient (Wildman–Crippen LogP) is 3.93. The molecule has 0 bridgehead atoms. The van der Waals surface area contributed by atoms with E-state index in [4.69, 9.17) is 19.9 Å². The van der Waals surface area contributed by atoms with E-state index in [9.17, 15) is 14.0 Å². The van der Waals surface area contributed by atoms with Gasteiger partial charge < -0.3 is 30.2 Å². The minimum atomic E-state index is -2.12. The van der Waals surface area contributed by atoms with Crippen molar-refractivity contribution in [1.29, 1.82) is 0 Å². The summed E-state index contributed by atoms with van der Waals surface area (Å²) in [6.07, 6.45) is 3.66. The van der Waals surface area contributed by atoms with Gasteiger partial charge in [0.25, 0.3) is 5.91 Å². The second-order valence-corrected chi connectivity index (χ2v) is 11.1. The fourth-order valence-electron chi connectivity index (χ4n) is 4.66. The number of amides is 1. The van der Waals surface area contributed by atoms with Crippen LogP contribution in [0, 0.1) is 17.2 Å². The Labute approximate surface area is 247 Å². The maximum atomic E-state index is 13.8. The molecule has 1 aliphatic heterocycles. The van der Waals surface area contributed by atoms with Gasteiger partial charge in [0, 0.05) is 18.3 Å². The number of nitrogens with one attached hydrogen (secondary N) is 2. The van der Waals surface area contributed by atoms with Crippen LogP contribution in [0.1, 0.15) is 31.2 Å². The Hall–Kier alpha value is -4.68. The van der Waals surface area contributed by atoms with E-state index < -0.39 is 28.9 Å². The quantitative estimate of drug-likeness (QED) is 0.235. The lowest BCUT2D eigenvalue weighted by Gasteiger charge is -2.40. The summed E-state index contributed by atoms with van der Waals surface area (Å²) in [5, 5.41) is 3.20. The summed E-state index contributed by atoms with van der Waals surface area (Å²) in [7, 11) is 0. The van der Waals surface area contributed by atoms with E-state index in [0.717, 1.165) is 18.4 Å². The Kier molecular flexibility index (Phi) is 7.63. The van der Waals surface area contributed by atoms with Crippen LogP contribution in [0.15, 0.2) is 66.9 Å². The summed E-state index contributed by atoms with van der Waals surface area (Å²) < 4.78 is 31.2. The van der Waals surface area contributed by atoms with E-state index in [1.807, 2.05) is 30.3 Å². The van der Waals surface area contributed by atoms with E-state index in [1.54, 1.807) is 31.3 Å². The average molecular weight is 587 g/mol. The summed E-state index contributed by atoms with van der Waals surface area (Å²) in [4.78, 5) is 42.5. The highest BCUT2D eigenvalue weighted by molar-refractivity contribution is 5.85. The number of esters is 1. The zero-order chi connectivity index (χ0) is 30.0. The highest BCUT2D eigenvalue weighted by atomic mass is 19.1. The molecule has 1 aliphatic carbocycles.